The maximum atomic E-state index is 14.8. The quantitative estimate of drug-likeness (QED) is 0.883. The molecule has 2 aromatic rings. The van der Waals surface area contributed by atoms with Gasteiger partial charge in [0.05, 0.1) is 12.7 Å². The summed E-state index contributed by atoms with van der Waals surface area (Å²) in [5, 5.41) is 0.435. The standard InChI is InChI=1S/C19H18F2N2OS/c1-11-15-9-25-18(22)23-19(15,10-24-11)14-8-12(6-7-17(14)21)13-4-2-3-5-16(13)20/h2-8,11,15H,9-10H2,1H3,(H2,22,23)/t11-,15-,19-/m1/s1. The van der Waals surface area contributed by atoms with Gasteiger partial charge in [-0.2, -0.15) is 0 Å². The highest BCUT2D eigenvalue weighted by molar-refractivity contribution is 8.13. The molecule has 1 fully saturated rings. The van der Waals surface area contributed by atoms with Gasteiger partial charge in [-0.15, -0.1) is 0 Å². The molecule has 0 aliphatic carbocycles. The van der Waals surface area contributed by atoms with Crippen molar-refractivity contribution in [1.82, 2.24) is 0 Å². The number of fused-ring (bicyclic) bond motifs is 1. The van der Waals surface area contributed by atoms with Gasteiger partial charge < -0.3 is 10.5 Å². The number of nitrogens with zero attached hydrogens (tertiary/aromatic N) is 1. The molecule has 1 saturated heterocycles. The van der Waals surface area contributed by atoms with Crippen LogP contribution in [-0.4, -0.2) is 23.6 Å². The fraction of sp³-hybridized carbons (Fsp3) is 0.316. The minimum Gasteiger partial charge on any atom is -0.379 e. The number of ether oxygens (including phenoxy) is 1. The third-order valence-electron chi connectivity index (χ3n) is 5.08. The average molecular weight is 360 g/mol. The van der Waals surface area contributed by atoms with E-state index in [1.165, 1.54) is 23.9 Å². The molecule has 2 aromatic carbocycles. The predicted octanol–water partition coefficient (Wildman–Crippen LogP) is 3.92. The number of aliphatic imine (C=N–C) groups is 1. The lowest BCUT2D eigenvalue weighted by atomic mass is 9.78. The van der Waals surface area contributed by atoms with E-state index in [1.54, 1.807) is 30.3 Å². The molecule has 130 valence electrons. The van der Waals surface area contributed by atoms with Crippen molar-refractivity contribution in [3.63, 3.8) is 0 Å². The first-order valence-corrected chi connectivity index (χ1v) is 9.14. The molecule has 2 aliphatic heterocycles. The Hall–Kier alpha value is -1.92. The number of benzene rings is 2. The first kappa shape index (κ1) is 16.5. The molecule has 0 saturated carbocycles. The maximum absolute atomic E-state index is 14.8. The van der Waals surface area contributed by atoms with Gasteiger partial charge in [-0.05, 0) is 30.7 Å². The van der Waals surface area contributed by atoms with E-state index in [2.05, 4.69) is 4.99 Å². The summed E-state index contributed by atoms with van der Waals surface area (Å²) in [4.78, 5) is 4.61. The van der Waals surface area contributed by atoms with Crippen molar-refractivity contribution in [3.8, 4) is 11.1 Å². The molecule has 0 aromatic heterocycles. The molecule has 25 heavy (non-hydrogen) atoms. The van der Waals surface area contributed by atoms with Crippen LogP contribution in [0.2, 0.25) is 0 Å². The van der Waals surface area contributed by atoms with Crippen molar-refractivity contribution in [2.45, 2.75) is 18.6 Å². The summed E-state index contributed by atoms with van der Waals surface area (Å²) in [7, 11) is 0. The zero-order chi connectivity index (χ0) is 17.6. The molecule has 3 atom stereocenters. The van der Waals surface area contributed by atoms with Crippen LogP contribution in [-0.2, 0) is 10.3 Å². The summed E-state index contributed by atoms with van der Waals surface area (Å²) in [5.74, 6) is 0.0358. The Morgan fingerprint density at radius 2 is 2.00 bits per heavy atom. The third kappa shape index (κ3) is 2.64. The molecule has 0 bridgehead atoms. The van der Waals surface area contributed by atoms with Gasteiger partial charge in [0.1, 0.15) is 17.2 Å². The lowest BCUT2D eigenvalue weighted by Crippen LogP contribution is -2.41. The van der Waals surface area contributed by atoms with Gasteiger partial charge in [-0.1, -0.05) is 36.0 Å². The van der Waals surface area contributed by atoms with E-state index < -0.39 is 5.54 Å². The first-order valence-electron chi connectivity index (χ1n) is 8.16. The van der Waals surface area contributed by atoms with Gasteiger partial charge in [0, 0.05) is 22.8 Å². The molecular weight excluding hydrogens is 342 g/mol. The van der Waals surface area contributed by atoms with Crippen LogP contribution in [0.25, 0.3) is 11.1 Å². The number of amidine groups is 1. The van der Waals surface area contributed by atoms with Crippen molar-refractivity contribution in [2.75, 3.05) is 12.4 Å². The Balaban J connectivity index is 1.89. The summed E-state index contributed by atoms with van der Waals surface area (Å²) in [5.41, 5.74) is 6.59. The fourth-order valence-electron chi connectivity index (χ4n) is 3.72. The van der Waals surface area contributed by atoms with Crippen molar-refractivity contribution in [3.05, 3.63) is 59.7 Å². The Bertz CT molecular complexity index is 857. The number of thioether (sulfide) groups is 1. The number of nitrogens with two attached hydrogens (primary N) is 1. The number of hydrogen-bond acceptors (Lipinski definition) is 4. The van der Waals surface area contributed by atoms with Gasteiger partial charge in [0.2, 0.25) is 0 Å². The monoisotopic (exact) mass is 360 g/mol. The van der Waals surface area contributed by atoms with Crippen LogP contribution in [0.4, 0.5) is 8.78 Å². The smallest absolute Gasteiger partial charge is 0.154 e. The van der Waals surface area contributed by atoms with E-state index in [0.717, 1.165) is 5.75 Å². The molecule has 0 amide bonds. The molecule has 4 rings (SSSR count). The van der Waals surface area contributed by atoms with Crippen LogP contribution in [0.5, 0.6) is 0 Å². The average Bonchev–Trinajstić information content (AvgIpc) is 2.93. The lowest BCUT2D eigenvalue weighted by Gasteiger charge is -2.35. The number of halogens is 2. The second kappa shape index (κ2) is 6.11. The van der Waals surface area contributed by atoms with E-state index >= 15 is 0 Å². The summed E-state index contributed by atoms with van der Waals surface area (Å²) in [6.07, 6.45) is -0.0409. The van der Waals surface area contributed by atoms with E-state index in [1.807, 2.05) is 6.92 Å². The first-order chi connectivity index (χ1) is 12.0. The second-order valence-corrected chi connectivity index (χ2v) is 7.52. The van der Waals surface area contributed by atoms with Gasteiger partial charge in [0.25, 0.3) is 0 Å². The summed E-state index contributed by atoms with van der Waals surface area (Å²) in [6, 6.07) is 11.1. The van der Waals surface area contributed by atoms with Gasteiger partial charge in [-0.25, -0.2) is 13.8 Å². The van der Waals surface area contributed by atoms with E-state index in [0.29, 0.717) is 21.9 Å². The Morgan fingerprint density at radius 1 is 1.20 bits per heavy atom. The predicted molar refractivity (Wildman–Crippen MR) is 96.5 cm³/mol. The highest BCUT2D eigenvalue weighted by Crippen LogP contribution is 2.48. The van der Waals surface area contributed by atoms with Crippen LogP contribution >= 0.6 is 11.8 Å². The van der Waals surface area contributed by atoms with E-state index in [4.69, 9.17) is 10.5 Å². The van der Waals surface area contributed by atoms with Crippen molar-refractivity contribution in [2.24, 2.45) is 16.6 Å². The minimum absolute atomic E-state index is 0.0233. The second-order valence-electron chi connectivity index (χ2n) is 6.48. The molecular formula is C19H18F2N2OS. The third-order valence-corrected chi connectivity index (χ3v) is 6.00. The molecule has 0 unspecified atom stereocenters. The molecule has 0 radical (unpaired) electrons. The molecule has 6 heteroatoms. The highest BCUT2D eigenvalue weighted by atomic mass is 32.2. The van der Waals surface area contributed by atoms with Crippen molar-refractivity contribution < 1.29 is 13.5 Å². The molecule has 2 heterocycles. The number of hydrogen-bond donors (Lipinski definition) is 1. The van der Waals surface area contributed by atoms with Crippen molar-refractivity contribution >= 4 is 16.9 Å². The molecule has 0 spiro atoms. The van der Waals surface area contributed by atoms with Gasteiger partial charge >= 0.3 is 0 Å². The molecule has 3 nitrogen and oxygen atoms in total. The largest absolute Gasteiger partial charge is 0.379 e. The zero-order valence-electron chi connectivity index (χ0n) is 13.7. The number of rotatable bonds is 2. The van der Waals surface area contributed by atoms with E-state index in [-0.39, 0.29) is 30.3 Å². The van der Waals surface area contributed by atoms with Crippen LogP contribution in [0.3, 0.4) is 0 Å². The summed E-state index contributed by atoms with van der Waals surface area (Å²) >= 11 is 1.47. The SMILES string of the molecule is C[C@H]1OC[C@]2(c3cc(-c4ccccc4F)ccc3F)N=C(N)SC[C@H]12. The van der Waals surface area contributed by atoms with Crippen LogP contribution < -0.4 is 5.73 Å². The van der Waals surface area contributed by atoms with E-state index in [9.17, 15) is 8.78 Å². The van der Waals surface area contributed by atoms with Gasteiger partial charge in [-0.3, -0.25) is 0 Å². The van der Waals surface area contributed by atoms with Crippen LogP contribution in [0.1, 0.15) is 12.5 Å². The fourth-order valence-corrected chi connectivity index (χ4v) is 4.84. The molecule has 2 aliphatic rings. The Morgan fingerprint density at radius 3 is 2.80 bits per heavy atom. The maximum Gasteiger partial charge on any atom is 0.154 e. The van der Waals surface area contributed by atoms with Crippen LogP contribution in [0.15, 0.2) is 47.5 Å². The zero-order valence-corrected chi connectivity index (χ0v) is 14.5. The highest BCUT2D eigenvalue weighted by Gasteiger charge is 2.52. The molecule has 2 N–H and O–H groups in total. The minimum atomic E-state index is -0.847. The normalized spacial score (nSPS) is 28.5. The summed E-state index contributed by atoms with van der Waals surface area (Å²) in [6.45, 7) is 2.25. The van der Waals surface area contributed by atoms with Gasteiger partial charge in [0.15, 0.2) is 5.17 Å². The van der Waals surface area contributed by atoms with Crippen molar-refractivity contribution in [1.29, 1.82) is 0 Å². The Labute approximate surface area is 149 Å². The van der Waals surface area contributed by atoms with Crippen LogP contribution in [0, 0.1) is 17.6 Å². The Kier molecular flexibility index (Phi) is 4.04. The topological polar surface area (TPSA) is 47.6 Å². The lowest BCUT2D eigenvalue weighted by molar-refractivity contribution is 0.107. The summed E-state index contributed by atoms with van der Waals surface area (Å²) < 4.78 is 34.8.